The van der Waals surface area contributed by atoms with Crippen LogP contribution < -0.4 is 0 Å². The topological polar surface area (TPSA) is 77.8 Å². The first-order chi connectivity index (χ1) is 14.9. The molecule has 1 saturated carbocycles. The Bertz CT molecular complexity index is 816. The van der Waals surface area contributed by atoms with Crippen LogP contribution in [0.1, 0.15) is 84.5 Å². The third-order valence-electron chi connectivity index (χ3n) is 6.63. The van der Waals surface area contributed by atoms with Gasteiger partial charge in [0.15, 0.2) is 5.78 Å². The molecule has 0 N–H and O–H groups in total. The van der Waals surface area contributed by atoms with Gasteiger partial charge in [0.25, 0.3) is 0 Å². The molecular weight excluding hydrogens is 396 g/mol. The molecule has 2 aliphatic rings. The van der Waals surface area contributed by atoms with E-state index in [2.05, 4.69) is 0 Å². The third-order valence-corrected chi connectivity index (χ3v) is 6.63. The minimum atomic E-state index is -0.415. The van der Waals surface area contributed by atoms with Crippen LogP contribution in [0, 0.1) is 19.8 Å². The number of ketones is 1. The lowest BCUT2D eigenvalue weighted by Crippen LogP contribution is -2.43. The first-order valence-electron chi connectivity index (χ1n) is 11.7. The van der Waals surface area contributed by atoms with E-state index in [4.69, 9.17) is 9.47 Å². The molecule has 7 nitrogen and oxygen atoms in total. The molecule has 1 aromatic heterocycles. The summed E-state index contributed by atoms with van der Waals surface area (Å²) in [6.07, 6.45) is 5.83. The molecule has 1 aliphatic heterocycles. The van der Waals surface area contributed by atoms with E-state index in [0.717, 1.165) is 44.2 Å². The molecule has 2 fully saturated rings. The molecule has 2 heterocycles. The number of amides is 1. The van der Waals surface area contributed by atoms with Crippen molar-refractivity contribution in [1.82, 2.24) is 9.47 Å². The number of esters is 1. The van der Waals surface area contributed by atoms with Gasteiger partial charge in [0.1, 0.15) is 5.69 Å². The summed E-state index contributed by atoms with van der Waals surface area (Å²) in [6, 6.07) is 0. The smallest absolute Gasteiger partial charge is 0.355 e. The zero-order chi connectivity index (χ0) is 22.5. The van der Waals surface area contributed by atoms with E-state index >= 15 is 0 Å². The molecule has 172 valence electrons. The standard InChI is InChI=1S/C24H36N2O5/c1-5-26-17(4)21(16(3)22(26)24(29)30-6-2)20(27)15-25(14-19-12-9-13-31-19)23(28)18-10-7-8-11-18/h18-19H,5-15H2,1-4H3. The summed E-state index contributed by atoms with van der Waals surface area (Å²) in [6.45, 7) is 9.39. The van der Waals surface area contributed by atoms with Crippen LogP contribution in [0.15, 0.2) is 0 Å². The summed E-state index contributed by atoms with van der Waals surface area (Å²) < 4.78 is 12.8. The van der Waals surface area contributed by atoms with E-state index in [1.54, 1.807) is 18.7 Å². The van der Waals surface area contributed by atoms with Crippen LogP contribution in [0.3, 0.4) is 0 Å². The van der Waals surface area contributed by atoms with Crippen molar-refractivity contribution in [3.63, 3.8) is 0 Å². The zero-order valence-corrected chi connectivity index (χ0v) is 19.4. The SMILES string of the molecule is CCOC(=O)c1c(C)c(C(=O)CN(CC2CCCO2)C(=O)C2CCCC2)c(C)n1CC. The second-order valence-corrected chi connectivity index (χ2v) is 8.66. The van der Waals surface area contributed by atoms with Crippen molar-refractivity contribution < 1.29 is 23.9 Å². The number of hydrogen-bond donors (Lipinski definition) is 0. The summed E-state index contributed by atoms with van der Waals surface area (Å²) in [4.78, 5) is 40.9. The van der Waals surface area contributed by atoms with Crippen molar-refractivity contribution in [3.8, 4) is 0 Å². The first-order valence-corrected chi connectivity index (χ1v) is 11.7. The maximum Gasteiger partial charge on any atom is 0.355 e. The Morgan fingerprint density at radius 3 is 2.39 bits per heavy atom. The van der Waals surface area contributed by atoms with E-state index < -0.39 is 5.97 Å². The molecule has 1 saturated heterocycles. The van der Waals surface area contributed by atoms with Crippen LogP contribution in [-0.2, 0) is 20.8 Å². The average molecular weight is 433 g/mol. The van der Waals surface area contributed by atoms with Crippen LogP contribution in [0.25, 0.3) is 0 Å². The molecule has 1 aromatic rings. The highest BCUT2D eigenvalue weighted by molar-refractivity contribution is 6.04. The lowest BCUT2D eigenvalue weighted by Gasteiger charge is -2.27. The number of ether oxygens (including phenoxy) is 2. The molecule has 1 atom stereocenters. The van der Waals surface area contributed by atoms with Gasteiger partial charge in [0, 0.05) is 36.9 Å². The van der Waals surface area contributed by atoms with E-state index in [-0.39, 0.29) is 36.9 Å². The maximum atomic E-state index is 13.5. The van der Waals surface area contributed by atoms with Crippen LogP contribution in [0.5, 0.6) is 0 Å². The van der Waals surface area contributed by atoms with Gasteiger partial charge in [-0.05, 0) is 58.9 Å². The number of aromatic nitrogens is 1. The van der Waals surface area contributed by atoms with Crippen LogP contribution in [0.4, 0.5) is 0 Å². The van der Waals surface area contributed by atoms with Crippen molar-refractivity contribution in [2.24, 2.45) is 5.92 Å². The van der Waals surface area contributed by atoms with Gasteiger partial charge in [-0.25, -0.2) is 4.79 Å². The predicted molar refractivity (Wildman–Crippen MR) is 117 cm³/mol. The molecule has 1 unspecified atom stereocenters. The molecule has 1 aliphatic carbocycles. The number of carbonyl (C=O) groups is 3. The molecular formula is C24H36N2O5. The number of rotatable bonds is 9. The highest BCUT2D eigenvalue weighted by Gasteiger charge is 2.33. The number of Topliss-reactive ketones (excluding diaryl/α,β-unsaturated/α-hetero) is 1. The molecule has 1 amide bonds. The molecule has 0 bridgehead atoms. The first kappa shape index (κ1) is 23.5. The van der Waals surface area contributed by atoms with Crippen molar-refractivity contribution in [3.05, 3.63) is 22.5 Å². The van der Waals surface area contributed by atoms with Gasteiger partial charge in [-0.15, -0.1) is 0 Å². The minimum absolute atomic E-state index is 0.00400. The average Bonchev–Trinajstić information content (AvgIpc) is 3.48. The third kappa shape index (κ3) is 5.03. The minimum Gasteiger partial charge on any atom is -0.461 e. The second kappa shape index (κ2) is 10.4. The summed E-state index contributed by atoms with van der Waals surface area (Å²) in [5.41, 5.74) is 2.34. The predicted octanol–water partition coefficient (Wildman–Crippen LogP) is 3.68. The van der Waals surface area contributed by atoms with Crippen molar-refractivity contribution in [2.75, 3.05) is 26.3 Å². The van der Waals surface area contributed by atoms with Crippen molar-refractivity contribution in [1.29, 1.82) is 0 Å². The Labute approximate surface area is 185 Å². The lowest BCUT2D eigenvalue weighted by atomic mass is 10.0. The fourth-order valence-electron chi connectivity index (χ4n) is 5.11. The highest BCUT2D eigenvalue weighted by Crippen LogP contribution is 2.28. The van der Waals surface area contributed by atoms with E-state index in [9.17, 15) is 14.4 Å². The van der Waals surface area contributed by atoms with Crippen molar-refractivity contribution in [2.45, 2.75) is 78.9 Å². The Hall–Kier alpha value is -2.15. The van der Waals surface area contributed by atoms with E-state index in [0.29, 0.717) is 36.5 Å². The van der Waals surface area contributed by atoms with Gasteiger partial charge < -0.3 is 18.9 Å². The van der Waals surface area contributed by atoms with E-state index in [1.165, 1.54) is 0 Å². The van der Waals surface area contributed by atoms with E-state index in [1.807, 2.05) is 18.4 Å². The Balaban J connectivity index is 1.86. The summed E-state index contributed by atoms with van der Waals surface area (Å²) in [7, 11) is 0. The van der Waals surface area contributed by atoms with Gasteiger partial charge in [-0.1, -0.05) is 12.8 Å². The molecule has 0 aromatic carbocycles. The van der Waals surface area contributed by atoms with Gasteiger partial charge in [-0.2, -0.15) is 0 Å². The quantitative estimate of drug-likeness (QED) is 0.439. The van der Waals surface area contributed by atoms with Crippen LogP contribution in [0.2, 0.25) is 0 Å². The number of hydrogen-bond acceptors (Lipinski definition) is 5. The lowest BCUT2D eigenvalue weighted by molar-refractivity contribution is -0.136. The Kier molecular flexibility index (Phi) is 7.92. The molecule has 31 heavy (non-hydrogen) atoms. The van der Waals surface area contributed by atoms with Gasteiger partial charge in [0.05, 0.1) is 19.3 Å². The molecule has 7 heteroatoms. The fraction of sp³-hybridized carbons (Fsp3) is 0.708. The van der Waals surface area contributed by atoms with Gasteiger partial charge >= 0.3 is 5.97 Å². The fourth-order valence-corrected chi connectivity index (χ4v) is 5.11. The normalized spacial score (nSPS) is 19.0. The number of carbonyl (C=O) groups excluding carboxylic acids is 3. The Morgan fingerprint density at radius 1 is 1.10 bits per heavy atom. The van der Waals surface area contributed by atoms with Crippen molar-refractivity contribution >= 4 is 17.7 Å². The van der Waals surface area contributed by atoms with Crippen LogP contribution >= 0.6 is 0 Å². The second-order valence-electron chi connectivity index (χ2n) is 8.66. The zero-order valence-electron chi connectivity index (χ0n) is 19.4. The summed E-state index contributed by atoms with van der Waals surface area (Å²) >= 11 is 0. The molecule has 3 rings (SSSR count). The number of nitrogens with zero attached hydrogens (tertiary/aromatic N) is 2. The largest absolute Gasteiger partial charge is 0.461 e. The monoisotopic (exact) mass is 432 g/mol. The Morgan fingerprint density at radius 2 is 1.81 bits per heavy atom. The summed E-state index contributed by atoms with van der Waals surface area (Å²) in [5.74, 6) is -0.469. The van der Waals surface area contributed by atoms with Gasteiger partial charge in [0.2, 0.25) is 5.91 Å². The molecule has 0 radical (unpaired) electrons. The maximum absolute atomic E-state index is 13.5. The summed E-state index contributed by atoms with van der Waals surface area (Å²) in [5, 5.41) is 0. The van der Waals surface area contributed by atoms with Crippen LogP contribution in [-0.4, -0.2) is 59.5 Å². The molecule has 0 spiro atoms. The van der Waals surface area contributed by atoms with Gasteiger partial charge in [-0.3, -0.25) is 9.59 Å². The highest BCUT2D eigenvalue weighted by atomic mass is 16.5.